The predicted octanol–water partition coefficient (Wildman–Crippen LogP) is 3.29. The van der Waals surface area contributed by atoms with Crippen molar-refractivity contribution in [3.63, 3.8) is 0 Å². The molecule has 2 fully saturated rings. The van der Waals surface area contributed by atoms with Crippen LogP contribution in [-0.4, -0.2) is 21.9 Å². The zero-order valence-electron chi connectivity index (χ0n) is 13.5. The van der Waals surface area contributed by atoms with Gasteiger partial charge in [0.15, 0.2) is 0 Å². The number of hydrogen-bond donors (Lipinski definition) is 3. The number of primary amides is 1. The maximum absolute atomic E-state index is 11.8. The van der Waals surface area contributed by atoms with E-state index in [4.69, 9.17) is 5.73 Å². The van der Waals surface area contributed by atoms with Crippen LogP contribution in [0.5, 0.6) is 0 Å². The number of hydrogen-bond acceptors (Lipinski definition) is 3. The van der Waals surface area contributed by atoms with Gasteiger partial charge in [0.2, 0.25) is 0 Å². The van der Waals surface area contributed by atoms with Crippen molar-refractivity contribution in [3.8, 4) is 0 Å². The molecule has 4 N–H and O–H groups in total. The fraction of sp³-hybridized carbons (Fsp3) is 0.556. The van der Waals surface area contributed by atoms with E-state index in [1.54, 1.807) is 6.20 Å². The molecule has 23 heavy (non-hydrogen) atoms. The number of fused-ring (bicyclic) bond motifs is 3. The molecule has 2 saturated carbocycles. The van der Waals surface area contributed by atoms with Gasteiger partial charge in [-0.15, -0.1) is 0 Å². The maximum atomic E-state index is 11.8. The SMILES string of the molecule is CC1C[C@H]2CCC(Nc3c(C(N)=O)cnc4[nH]ccc34)[C@@H](C1)C2. The minimum absolute atomic E-state index is 0.422. The summed E-state index contributed by atoms with van der Waals surface area (Å²) >= 11 is 0. The smallest absolute Gasteiger partial charge is 0.252 e. The van der Waals surface area contributed by atoms with Gasteiger partial charge in [-0.1, -0.05) is 6.92 Å². The summed E-state index contributed by atoms with van der Waals surface area (Å²) in [4.78, 5) is 19.2. The van der Waals surface area contributed by atoms with Crippen molar-refractivity contribution in [2.45, 2.75) is 45.1 Å². The van der Waals surface area contributed by atoms with Gasteiger partial charge >= 0.3 is 0 Å². The van der Waals surface area contributed by atoms with Crippen LogP contribution in [0.3, 0.4) is 0 Å². The number of aromatic nitrogens is 2. The van der Waals surface area contributed by atoms with E-state index in [0.717, 1.165) is 28.6 Å². The molecule has 2 aliphatic carbocycles. The number of carbonyl (C=O) groups is 1. The van der Waals surface area contributed by atoms with Crippen LogP contribution in [0.2, 0.25) is 0 Å². The Hall–Kier alpha value is -2.04. The van der Waals surface area contributed by atoms with Crippen LogP contribution in [0, 0.1) is 17.8 Å². The van der Waals surface area contributed by atoms with Crippen LogP contribution < -0.4 is 11.1 Å². The molecule has 0 saturated heterocycles. The third kappa shape index (κ3) is 2.58. The van der Waals surface area contributed by atoms with Gasteiger partial charge in [-0.25, -0.2) is 4.98 Å². The number of carbonyl (C=O) groups excluding carboxylic acids is 1. The standard InChI is InChI=1S/C18H24N4O/c1-10-6-11-2-3-15(12(7-10)8-11)22-16-13-4-5-20-18(13)21-9-14(16)17(19)23/h4-5,9-12,15H,2-3,6-8H2,1H3,(H2,19,23)(H2,20,21,22)/t10?,11-,12+,15?/m1/s1. The lowest BCUT2D eigenvalue weighted by Crippen LogP contribution is -2.40. The molecule has 2 aromatic heterocycles. The Morgan fingerprint density at radius 2 is 2.22 bits per heavy atom. The molecular formula is C18H24N4O. The van der Waals surface area contributed by atoms with Crippen molar-refractivity contribution in [1.29, 1.82) is 0 Å². The topological polar surface area (TPSA) is 83.8 Å². The average molecular weight is 312 g/mol. The lowest BCUT2D eigenvalue weighted by Gasteiger charge is -2.43. The molecule has 0 aliphatic heterocycles. The fourth-order valence-corrected chi connectivity index (χ4v) is 4.74. The van der Waals surface area contributed by atoms with Crippen LogP contribution in [0.15, 0.2) is 18.5 Å². The van der Waals surface area contributed by atoms with E-state index < -0.39 is 5.91 Å². The van der Waals surface area contributed by atoms with E-state index in [2.05, 4.69) is 22.2 Å². The molecule has 0 aromatic carbocycles. The summed E-state index contributed by atoms with van der Waals surface area (Å²) in [6.07, 6.45) is 9.87. The molecule has 2 aromatic rings. The Kier molecular flexibility index (Phi) is 3.51. The van der Waals surface area contributed by atoms with Crippen molar-refractivity contribution in [3.05, 3.63) is 24.0 Å². The average Bonchev–Trinajstić information content (AvgIpc) is 2.98. The Morgan fingerprint density at radius 1 is 1.35 bits per heavy atom. The second kappa shape index (κ2) is 5.55. The van der Waals surface area contributed by atoms with E-state index in [0.29, 0.717) is 17.5 Å². The number of nitrogens with one attached hydrogen (secondary N) is 2. The summed E-state index contributed by atoms with van der Waals surface area (Å²) in [6, 6.07) is 2.39. The van der Waals surface area contributed by atoms with Gasteiger partial charge in [0, 0.05) is 23.8 Å². The minimum atomic E-state index is -0.422. The summed E-state index contributed by atoms with van der Waals surface area (Å²) in [5, 5.41) is 4.63. The van der Waals surface area contributed by atoms with Gasteiger partial charge in [0.05, 0.1) is 11.3 Å². The van der Waals surface area contributed by atoms with E-state index in [1.165, 1.54) is 32.1 Å². The third-order valence-corrected chi connectivity index (χ3v) is 5.71. The number of anilines is 1. The Balaban J connectivity index is 1.68. The van der Waals surface area contributed by atoms with Gasteiger partial charge in [0.1, 0.15) is 5.65 Å². The Morgan fingerprint density at radius 3 is 3.04 bits per heavy atom. The first-order valence-corrected chi connectivity index (χ1v) is 8.64. The Labute approximate surface area is 136 Å². The molecule has 1 amide bonds. The largest absolute Gasteiger partial charge is 0.381 e. The van der Waals surface area contributed by atoms with Gasteiger partial charge in [0.25, 0.3) is 5.91 Å². The molecule has 4 rings (SSSR count). The third-order valence-electron chi connectivity index (χ3n) is 5.71. The lowest BCUT2D eigenvalue weighted by atomic mass is 9.66. The van der Waals surface area contributed by atoms with Gasteiger partial charge in [-0.2, -0.15) is 0 Å². The Bertz CT molecular complexity index is 736. The van der Waals surface area contributed by atoms with Crippen LogP contribution in [0.4, 0.5) is 5.69 Å². The normalized spacial score (nSPS) is 30.3. The first-order chi connectivity index (χ1) is 11.1. The number of nitrogens with two attached hydrogens (primary N) is 1. The van der Waals surface area contributed by atoms with Crippen molar-refractivity contribution < 1.29 is 4.79 Å². The van der Waals surface area contributed by atoms with Crippen LogP contribution in [0.1, 0.15) is 49.4 Å². The first kappa shape index (κ1) is 14.5. The summed E-state index contributed by atoms with van der Waals surface area (Å²) in [5.41, 5.74) is 7.71. The molecule has 5 heteroatoms. The van der Waals surface area contributed by atoms with Crippen molar-refractivity contribution >= 4 is 22.6 Å². The van der Waals surface area contributed by atoms with Crippen molar-refractivity contribution in [2.24, 2.45) is 23.5 Å². The van der Waals surface area contributed by atoms with Crippen LogP contribution in [0.25, 0.3) is 11.0 Å². The zero-order valence-corrected chi connectivity index (χ0v) is 13.5. The van der Waals surface area contributed by atoms with E-state index in [1.807, 2.05) is 12.3 Å². The highest BCUT2D eigenvalue weighted by Crippen LogP contribution is 2.44. The monoisotopic (exact) mass is 312 g/mol. The second-order valence-electron chi connectivity index (χ2n) is 7.42. The fourth-order valence-electron chi connectivity index (χ4n) is 4.74. The molecular weight excluding hydrogens is 288 g/mol. The molecule has 2 aliphatic rings. The highest BCUT2D eigenvalue weighted by atomic mass is 16.1. The molecule has 2 unspecified atom stereocenters. The van der Waals surface area contributed by atoms with Gasteiger partial charge < -0.3 is 16.0 Å². The van der Waals surface area contributed by atoms with Crippen molar-refractivity contribution in [2.75, 3.05) is 5.32 Å². The highest BCUT2D eigenvalue weighted by molar-refractivity contribution is 6.05. The van der Waals surface area contributed by atoms with E-state index >= 15 is 0 Å². The van der Waals surface area contributed by atoms with Crippen LogP contribution >= 0.6 is 0 Å². The first-order valence-electron chi connectivity index (χ1n) is 8.64. The highest BCUT2D eigenvalue weighted by Gasteiger charge is 2.36. The summed E-state index contributed by atoms with van der Waals surface area (Å²) in [7, 11) is 0. The molecule has 5 nitrogen and oxygen atoms in total. The molecule has 2 bridgehead atoms. The van der Waals surface area contributed by atoms with Gasteiger partial charge in [-0.05, 0) is 55.9 Å². The van der Waals surface area contributed by atoms with E-state index in [-0.39, 0.29) is 0 Å². The van der Waals surface area contributed by atoms with Crippen molar-refractivity contribution in [1.82, 2.24) is 9.97 Å². The molecule has 122 valence electrons. The molecule has 4 atom stereocenters. The number of aromatic amines is 1. The summed E-state index contributed by atoms with van der Waals surface area (Å²) < 4.78 is 0. The van der Waals surface area contributed by atoms with Gasteiger partial charge in [-0.3, -0.25) is 4.79 Å². The molecule has 2 heterocycles. The number of amides is 1. The molecule has 0 spiro atoms. The summed E-state index contributed by atoms with van der Waals surface area (Å²) in [5.74, 6) is 1.97. The van der Waals surface area contributed by atoms with E-state index in [9.17, 15) is 4.79 Å². The number of nitrogens with zero attached hydrogens (tertiary/aromatic N) is 1. The second-order valence-corrected chi connectivity index (χ2v) is 7.42. The minimum Gasteiger partial charge on any atom is -0.381 e. The quantitative estimate of drug-likeness (QED) is 0.813. The summed E-state index contributed by atoms with van der Waals surface area (Å²) in [6.45, 7) is 2.37. The lowest BCUT2D eigenvalue weighted by molar-refractivity contribution is 0.1000. The maximum Gasteiger partial charge on any atom is 0.252 e. The number of rotatable bonds is 3. The van der Waals surface area contributed by atoms with Crippen LogP contribution in [-0.2, 0) is 0 Å². The zero-order chi connectivity index (χ0) is 16.0. The number of H-pyrrole nitrogens is 1. The number of pyridine rings is 1. The predicted molar refractivity (Wildman–Crippen MR) is 91.3 cm³/mol. The molecule has 0 radical (unpaired) electrons.